The first kappa shape index (κ1) is 9.38. The highest BCUT2D eigenvalue weighted by Gasteiger charge is 1.36. The summed E-state index contributed by atoms with van der Waals surface area (Å²) in [7, 11) is 0. The Morgan fingerprint density at radius 3 is 0.833 bits per heavy atom. The van der Waals surface area contributed by atoms with Gasteiger partial charge in [-0.2, -0.15) is 0 Å². The van der Waals surface area contributed by atoms with Gasteiger partial charge in [0, 0.05) is 1.43 Å². The molecule has 0 atom stereocenters. The molecule has 6 heavy (non-hydrogen) atoms. The van der Waals surface area contributed by atoms with E-state index in [0.717, 1.165) is 0 Å². The summed E-state index contributed by atoms with van der Waals surface area (Å²) < 4.78 is 0. The predicted molar refractivity (Wildman–Crippen MR) is 34.0 cm³/mol. The molecular weight excluding hydrogens is 72.1 g/mol. The summed E-state index contributed by atoms with van der Waals surface area (Å²) >= 11 is 0. The quantitative estimate of drug-likeness (QED) is 0.430. The van der Waals surface area contributed by atoms with Gasteiger partial charge in [-0.25, -0.2) is 0 Å². The van der Waals surface area contributed by atoms with E-state index >= 15 is 0 Å². The molecule has 0 rings (SSSR count). The maximum absolute atomic E-state index is 2.12. The lowest BCUT2D eigenvalue weighted by Gasteiger charge is -1.48. The Hall–Kier alpha value is 0. The molecule has 0 bridgehead atoms. The second-order valence-corrected chi connectivity index (χ2v) is 1.41. The Bertz CT molecular complexity index is 6.14. The first-order chi connectivity index (χ1) is 2.83. The maximum atomic E-state index is 2.12. The van der Waals surface area contributed by atoms with E-state index in [0.29, 0.717) is 0 Å². The number of rotatable bonds is 0. The van der Waals surface area contributed by atoms with E-state index in [1.807, 2.05) is 0 Å². The Morgan fingerprint density at radius 1 is 0.833 bits per heavy atom. The van der Waals surface area contributed by atoms with Crippen LogP contribution in [0.15, 0.2) is 0 Å². The molecule has 0 amide bonds. The van der Waals surface area contributed by atoms with Crippen LogP contribution in [0, 0.1) is 0 Å². The van der Waals surface area contributed by atoms with Gasteiger partial charge < -0.3 is 0 Å². The standard InChI is InChI=1S/2C3H8.H2/c2*1-3-2;/h2*3H2,1-2H3;1H/i;;1+1. The Morgan fingerprint density at radius 2 is 0.833 bits per heavy atom. The third kappa shape index (κ3) is 0. The molecule has 0 aliphatic rings. The molecular formula is C6H18. The maximum Gasteiger partial charge on any atom is 0 e. The van der Waals surface area contributed by atoms with Gasteiger partial charge >= 0.3 is 0 Å². The van der Waals surface area contributed by atoms with Crippen LogP contribution in [0.5, 0.6) is 0 Å². The minimum absolute atomic E-state index is 0. The topological polar surface area (TPSA) is 0 Å². The molecule has 0 aliphatic carbocycles. The van der Waals surface area contributed by atoms with Crippen molar-refractivity contribution in [2.75, 3.05) is 0 Å². The van der Waals surface area contributed by atoms with Crippen LogP contribution >= 0.6 is 0 Å². The Labute approximate surface area is 43.1 Å². The normalized spacial score (nSPS) is 6.00. The summed E-state index contributed by atoms with van der Waals surface area (Å²) in [6, 6.07) is 0. The lowest BCUT2D eigenvalue weighted by molar-refractivity contribution is 1.09. The highest BCUT2D eigenvalue weighted by atomic mass is 13.4. The van der Waals surface area contributed by atoms with E-state index in [2.05, 4.69) is 27.7 Å². The summed E-state index contributed by atoms with van der Waals surface area (Å²) in [6.45, 7) is 8.50. The third-order valence-electron chi connectivity index (χ3n) is 0. The molecule has 42 valence electrons. The van der Waals surface area contributed by atoms with Gasteiger partial charge in [-0.05, 0) is 0 Å². The summed E-state index contributed by atoms with van der Waals surface area (Å²) in [5.41, 5.74) is 0. The molecule has 0 spiro atoms. The largest absolute Gasteiger partial charge is 0.0656 e. The van der Waals surface area contributed by atoms with Gasteiger partial charge in [0.2, 0.25) is 0 Å². The van der Waals surface area contributed by atoms with Gasteiger partial charge in [0.25, 0.3) is 0 Å². The molecule has 0 saturated heterocycles. The number of hydrogen-bond acceptors (Lipinski definition) is 0. The van der Waals surface area contributed by atoms with E-state index in [9.17, 15) is 0 Å². The zero-order chi connectivity index (χ0) is 5.41. The fourth-order valence-corrected chi connectivity index (χ4v) is 0. The first-order valence-corrected chi connectivity index (χ1v) is 2.83. The van der Waals surface area contributed by atoms with Crippen molar-refractivity contribution in [3.8, 4) is 0 Å². The van der Waals surface area contributed by atoms with Crippen molar-refractivity contribution in [3.63, 3.8) is 0 Å². The molecule has 0 radical (unpaired) electrons. The molecule has 0 aromatic heterocycles. The first-order valence-electron chi connectivity index (χ1n) is 2.83. The lowest BCUT2D eigenvalue weighted by Crippen LogP contribution is -1.27. The fraction of sp³-hybridized carbons (Fsp3) is 1.00. The van der Waals surface area contributed by atoms with Crippen LogP contribution in [-0.2, 0) is 0 Å². The van der Waals surface area contributed by atoms with Crippen molar-refractivity contribution in [1.82, 2.24) is 0 Å². The average molecular weight is 91.2 g/mol. The third-order valence-corrected chi connectivity index (χ3v) is 0. The minimum Gasteiger partial charge on any atom is -0.0656 e. The Kier molecular flexibility index (Phi) is 31.2. The smallest absolute Gasteiger partial charge is 0 e. The summed E-state index contributed by atoms with van der Waals surface area (Å²) in [4.78, 5) is 0. The van der Waals surface area contributed by atoms with Crippen LogP contribution in [0.4, 0.5) is 0 Å². The van der Waals surface area contributed by atoms with Crippen molar-refractivity contribution < 1.29 is 1.43 Å². The van der Waals surface area contributed by atoms with Gasteiger partial charge in [-0.15, -0.1) is 0 Å². The van der Waals surface area contributed by atoms with Crippen LogP contribution in [0.3, 0.4) is 0 Å². The summed E-state index contributed by atoms with van der Waals surface area (Å²) in [6.07, 6.45) is 2.50. The van der Waals surface area contributed by atoms with Crippen molar-refractivity contribution in [2.45, 2.75) is 40.5 Å². The molecule has 0 nitrogen and oxygen atoms in total. The molecule has 0 N–H and O–H groups in total. The van der Waals surface area contributed by atoms with Gasteiger partial charge in [0.15, 0.2) is 0 Å². The monoisotopic (exact) mass is 91.1 g/mol. The van der Waals surface area contributed by atoms with E-state index in [1.54, 1.807) is 0 Å². The van der Waals surface area contributed by atoms with Gasteiger partial charge in [-0.1, -0.05) is 40.5 Å². The molecule has 0 aliphatic heterocycles. The van der Waals surface area contributed by atoms with Crippen LogP contribution in [-0.4, -0.2) is 0 Å². The van der Waals surface area contributed by atoms with Crippen molar-refractivity contribution in [2.24, 2.45) is 0 Å². The van der Waals surface area contributed by atoms with Crippen molar-refractivity contribution >= 4 is 0 Å². The van der Waals surface area contributed by atoms with Gasteiger partial charge in [-0.3, -0.25) is 0 Å². The molecule has 0 aromatic rings. The highest BCUT2D eigenvalue weighted by molar-refractivity contribution is 3.92. The number of hydrogen-bond donors (Lipinski definition) is 0. The van der Waals surface area contributed by atoms with Crippen molar-refractivity contribution in [1.29, 1.82) is 0 Å². The van der Waals surface area contributed by atoms with Gasteiger partial charge in [0.1, 0.15) is 0 Å². The molecule has 0 heterocycles. The SMILES string of the molecule is CCC.CCC.[2HH]. The zero-order valence-electron chi connectivity index (χ0n) is 5.41. The van der Waals surface area contributed by atoms with E-state index in [4.69, 9.17) is 0 Å². The highest BCUT2D eigenvalue weighted by Crippen LogP contribution is 1.56. The van der Waals surface area contributed by atoms with E-state index < -0.39 is 0 Å². The van der Waals surface area contributed by atoms with E-state index in [-0.39, 0.29) is 1.43 Å². The average Bonchev–Trinajstić information content (AvgIpc) is 1.39. The second kappa shape index (κ2) is 20.0. The van der Waals surface area contributed by atoms with Crippen LogP contribution in [0.25, 0.3) is 0 Å². The van der Waals surface area contributed by atoms with Crippen LogP contribution < -0.4 is 0 Å². The summed E-state index contributed by atoms with van der Waals surface area (Å²) in [5.74, 6) is 0. The lowest BCUT2D eigenvalue weighted by atomic mass is 10.6. The fourth-order valence-electron chi connectivity index (χ4n) is 0. The predicted octanol–water partition coefficient (Wildman–Crippen LogP) is 3.08. The van der Waals surface area contributed by atoms with E-state index in [1.165, 1.54) is 12.8 Å². The molecule has 0 saturated carbocycles. The molecule has 0 aromatic carbocycles. The Balaban J connectivity index is -0.0000000400. The zero-order valence-corrected chi connectivity index (χ0v) is 5.41. The van der Waals surface area contributed by atoms with Crippen LogP contribution in [0.2, 0.25) is 0 Å². The summed E-state index contributed by atoms with van der Waals surface area (Å²) in [5, 5.41) is 0. The van der Waals surface area contributed by atoms with Crippen LogP contribution in [0.1, 0.15) is 42.0 Å². The molecule has 0 fully saturated rings. The molecule has 0 unspecified atom stereocenters. The molecule has 0 heteroatoms. The minimum atomic E-state index is 0. The van der Waals surface area contributed by atoms with Gasteiger partial charge in [0.05, 0.1) is 0 Å². The second-order valence-electron chi connectivity index (χ2n) is 1.41. The van der Waals surface area contributed by atoms with Crippen molar-refractivity contribution in [3.05, 3.63) is 0 Å².